The molecule has 0 aromatic heterocycles. The topological polar surface area (TPSA) is 38.5 Å². The number of rotatable bonds is 4. The first-order valence-corrected chi connectivity index (χ1v) is 7.15. The summed E-state index contributed by atoms with van der Waals surface area (Å²) >= 11 is 0. The first-order chi connectivity index (χ1) is 8.92. The van der Waals surface area contributed by atoms with E-state index < -0.39 is 0 Å². The molecule has 1 aromatic rings. The molecule has 1 aromatic carbocycles. The minimum Gasteiger partial charge on any atom is -0.489 e. The number of hydrogen-bond acceptors (Lipinski definition) is 3. The Kier molecular flexibility index (Phi) is 4.48. The first kappa shape index (κ1) is 14.4. The Balaban J connectivity index is 1.98. The number of nitrogens with zero attached hydrogens (tertiary/aromatic N) is 1. The molecule has 1 aliphatic rings. The van der Waals surface area contributed by atoms with Crippen LogP contribution in [0.2, 0.25) is 0 Å². The SMILES string of the molecule is CN1CCCC(Oc2cccc(CC(C)(C)N)c2)C1. The summed E-state index contributed by atoms with van der Waals surface area (Å²) in [5, 5.41) is 0. The molecule has 1 fully saturated rings. The summed E-state index contributed by atoms with van der Waals surface area (Å²) in [6, 6.07) is 8.35. The summed E-state index contributed by atoms with van der Waals surface area (Å²) in [6.45, 7) is 6.31. The van der Waals surface area contributed by atoms with Crippen molar-refractivity contribution in [1.82, 2.24) is 4.90 Å². The zero-order valence-corrected chi connectivity index (χ0v) is 12.4. The largest absolute Gasteiger partial charge is 0.489 e. The lowest BCUT2D eigenvalue weighted by atomic mass is 9.96. The second-order valence-corrected chi connectivity index (χ2v) is 6.46. The summed E-state index contributed by atoms with van der Waals surface area (Å²) in [5.41, 5.74) is 7.14. The highest BCUT2D eigenvalue weighted by molar-refractivity contribution is 5.29. The maximum atomic E-state index is 6.10. The predicted molar refractivity (Wildman–Crippen MR) is 79.6 cm³/mol. The van der Waals surface area contributed by atoms with Gasteiger partial charge < -0.3 is 15.4 Å². The number of benzene rings is 1. The van der Waals surface area contributed by atoms with E-state index in [2.05, 4.69) is 44.0 Å². The lowest BCUT2D eigenvalue weighted by molar-refractivity contribution is 0.104. The summed E-state index contributed by atoms with van der Waals surface area (Å²) < 4.78 is 6.10. The lowest BCUT2D eigenvalue weighted by Gasteiger charge is -2.30. The minimum atomic E-state index is -0.177. The Bertz CT molecular complexity index is 411. The normalized spacial score (nSPS) is 21.4. The number of likely N-dealkylation sites (tertiary alicyclic amines) is 1. The van der Waals surface area contributed by atoms with Gasteiger partial charge in [0.1, 0.15) is 11.9 Å². The highest BCUT2D eigenvalue weighted by Crippen LogP contribution is 2.21. The Labute approximate surface area is 116 Å². The van der Waals surface area contributed by atoms with Gasteiger partial charge in [-0.15, -0.1) is 0 Å². The van der Waals surface area contributed by atoms with Gasteiger partial charge >= 0.3 is 0 Å². The van der Waals surface area contributed by atoms with Crippen LogP contribution in [0.1, 0.15) is 32.3 Å². The third kappa shape index (κ3) is 4.84. The van der Waals surface area contributed by atoms with E-state index in [1.807, 2.05) is 6.07 Å². The Morgan fingerprint density at radius 3 is 2.89 bits per heavy atom. The number of nitrogens with two attached hydrogens (primary N) is 1. The van der Waals surface area contributed by atoms with Crippen LogP contribution < -0.4 is 10.5 Å². The van der Waals surface area contributed by atoms with Crippen LogP contribution in [0.3, 0.4) is 0 Å². The van der Waals surface area contributed by atoms with E-state index in [1.165, 1.54) is 18.5 Å². The molecule has 3 heteroatoms. The van der Waals surface area contributed by atoms with Gasteiger partial charge in [0.25, 0.3) is 0 Å². The summed E-state index contributed by atoms with van der Waals surface area (Å²) in [6.07, 6.45) is 3.56. The van der Waals surface area contributed by atoms with Crippen LogP contribution in [0, 0.1) is 0 Å². The molecule has 1 atom stereocenters. The average molecular weight is 262 g/mol. The molecule has 19 heavy (non-hydrogen) atoms. The van der Waals surface area contributed by atoms with Gasteiger partial charge in [-0.3, -0.25) is 0 Å². The third-order valence-electron chi connectivity index (χ3n) is 3.44. The van der Waals surface area contributed by atoms with Crippen molar-refractivity contribution in [3.05, 3.63) is 29.8 Å². The molecule has 2 rings (SSSR count). The average Bonchev–Trinajstić information content (AvgIpc) is 2.27. The van der Waals surface area contributed by atoms with Gasteiger partial charge in [-0.05, 0) is 64.4 Å². The van der Waals surface area contributed by atoms with Gasteiger partial charge in [-0.2, -0.15) is 0 Å². The van der Waals surface area contributed by atoms with E-state index >= 15 is 0 Å². The molecule has 1 saturated heterocycles. The van der Waals surface area contributed by atoms with Crippen LogP contribution in [0.15, 0.2) is 24.3 Å². The fourth-order valence-electron chi connectivity index (χ4n) is 2.66. The highest BCUT2D eigenvalue weighted by atomic mass is 16.5. The summed E-state index contributed by atoms with van der Waals surface area (Å²) in [4.78, 5) is 2.33. The van der Waals surface area contributed by atoms with Crippen molar-refractivity contribution in [2.75, 3.05) is 20.1 Å². The number of ether oxygens (including phenoxy) is 1. The van der Waals surface area contributed by atoms with Gasteiger partial charge in [-0.1, -0.05) is 12.1 Å². The predicted octanol–water partition coefficient (Wildman–Crippen LogP) is 2.44. The number of piperidine rings is 1. The van der Waals surface area contributed by atoms with E-state index in [0.29, 0.717) is 6.10 Å². The van der Waals surface area contributed by atoms with Crippen LogP contribution in [0.5, 0.6) is 5.75 Å². The molecule has 2 N–H and O–H groups in total. The van der Waals surface area contributed by atoms with Crippen molar-refractivity contribution in [1.29, 1.82) is 0 Å². The van der Waals surface area contributed by atoms with Crippen molar-refractivity contribution in [2.45, 2.75) is 44.8 Å². The highest BCUT2D eigenvalue weighted by Gasteiger charge is 2.19. The molecular weight excluding hydrogens is 236 g/mol. The van der Waals surface area contributed by atoms with Gasteiger partial charge in [0.05, 0.1) is 0 Å². The molecule has 0 amide bonds. The smallest absolute Gasteiger partial charge is 0.120 e. The molecule has 1 unspecified atom stereocenters. The second kappa shape index (κ2) is 5.93. The lowest BCUT2D eigenvalue weighted by Crippen LogP contribution is -2.38. The Morgan fingerprint density at radius 2 is 2.21 bits per heavy atom. The van der Waals surface area contributed by atoms with Gasteiger partial charge in [0.15, 0.2) is 0 Å². The van der Waals surface area contributed by atoms with Crippen molar-refractivity contribution in [3.8, 4) is 5.75 Å². The second-order valence-electron chi connectivity index (χ2n) is 6.46. The fraction of sp³-hybridized carbons (Fsp3) is 0.625. The standard InChI is InChI=1S/C16H26N2O/c1-16(2,17)11-13-6-4-7-14(10-13)19-15-8-5-9-18(3)12-15/h4,6-7,10,15H,5,8-9,11-12,17H2,1-3H3. The van der Waals surface area contributed by atoms with Crippen molar-refractivity contribution < 1.29 is 4.74 Å². The zero-order valence-electron chi connectivity index (χ0n) is 12.4. The van der Waals surface area contributed by atoms with E-state index in [0.717, 1.165) is 25.1 Å². The van der Waals surface area contributed by atoms with Gasteiger partial charge in [0, 0.05) is 12.1 Å². The van der Waals surface area contributed by atoms with E-state index in [9.17, 15) is 0 Å². The monoisotopic (exact) mass is 262 g/mol. The first-order valence-electron chi connectivity index (χ1n) is 7.15. The van der Waals surface area contributed by atoms with Crippen LogP contribution in [-0.2, 0) is 6.42 Å². The van der Waals surface area contributed by atoms with Crippen LogP contribution >= 0.6 is 0 Å². The molecule has 0 bridgehead atoms. The maximum Gasteiger partial charge on any atom is 0.120 e. The van der Waals surface area contributed by atoms with Gasteiger partial charge in [-0.25, -0.2) is 0 Å². The molecule has 106 valence electrons. The Hall–Kier alpha value is -1.06. The third-order valence-corrected chi connectivity index (χ3v) is 3.44. The summed E-state index contributed by atoms with van der Waals surface area (Å²) in [7, 11) is 2.16. The van der Waals surface area contributed by atoms with Crippen molar-refractivity contribution >= 4 is 0 Å². The zero-order chi connectivity index (χ0) is 13.9. The minimum absolute atomic E-state index is 0.177. The molecule has 3 nitrogen and oxygen atoms in total. The van der Waals surface area contributed by atoms with Crippen molar-refractivity contribution in [2.24, 2.45) is 5.73 Å². The van der Waals surface area contributed by atoms with E-state index in [1.54, 1.807) is 0 Å². The van der Waals surface area contributed by atoms with E-state index in [-0.39, 0.29) is 5.54 Å². The van der Waals surface area contributed by atoms with Gasteiger partial charge in [0.2, 0.25) is 0 Å². The molecular formula is C16H26N2O. The molecule has 1 heterocycles. The quantitative estimate of drug-likeness (QED) is 0.906. The van der Waals surface area contributed by atoms with Crippen LogP contribution in [0.25, 0.3) is 0 Å². The van der Waals surface area contributed by atoms with Crippen molar-refractivity contribution in [3.63, 3.8) is 0 Å². The molecule has 0 saturated carbocycles. The molecule has 0 radical (unpaired) electrons. The van der Waals surface area contributed by atoms with Crippen LogP contribution in [-0.4, -0.2) is 36.7 Å². The maximum absolute atomic E-state index is 6.10. The summed E-state index contributed by atoms with van der Waals surface area (Å²) in [5.74, 6) is 0.974. The number of likely N-dealkylation sites (N-methyl/N-ethyl adjacent to an activating group) is 1. The number of hydrogen-bond donors (Lipinski definition) is 1. The van der Waals surface area contributed by atoms with Crippen LogP contribution in [0.4, 0.5) is 0 Å². The van der Waals surface area contributed by atoms with E-state index in [4.69, 9.17) is 10.5 Å². The Morgan fingerprint density at radius 1 is 1.42 bits per heavy atom. The molecule has 1 aliphatic heterocycles. The molecule has 0 aliphatic carbocycles. The molecule has 0 spiro atoms. The fourth-order valence-corrected chi connectivity index (χ4v) is 2.66.